The molecule has 1 aliphatic carbocycles. The molecule has 1 saturated carbocycles. The largest absolute Gasteiger partial charge is 0.354 e. The van der Waals surface area contributed by atoms with E-state index in [1.807, 2.05) is 0 Å². The highest BCUT2D eigenvalue weighted by molar-refractivity contribution is 7.10. The molecule has 1 atom stereocenters. The van der Waals surface area contributed by atoms with Gasteiger partial charge in [-0.1, -0.05) is 25.3 Å². The number of nitrogens with one attached hydrogen (secondary N) is 1. The lowest BCUT2D eigenvalue weighted by atomic mass is 9.72. The summed E-state index contributed by atoms with van der Waals surface area (Å²) in [5, 5.41) is 5.40. The van der Waals surface area contributed by atoms with E-state index in [0.717, 1.165) is 51.9 Å². The van der Waals surface area contributed by atoms with Crippen LogP contribution in [0, 0.1) is 0 Å². The molecule has 4 nitrogen and oxygen atoms in total. The molecule has 2 heterocycles. The number of amides is 1. The first-order chi connectivity index (χ1) is 11.1. The van der Waals surface area contributed by atoms with Crippen LogP contribution in [0.15, 0.2) is 17.5 Å². The molecule has 5 heteroatoms. The molecule has 128 valence electrons. The van der Waals surface area contributed by atoms with Crippen LogP contribution in [0.1, 0.15) is 37.0 Å². The molecule has 0 radical (unpaired) electrons. The van der Waals surface area contributed by atoms with Crippen molar-refractivity contribution in [2.45, 2.75) is 43.6 Å². The van der Waals surface area contributed by atoms with E-state index in [0.29, 0.717) is 6.04 Å². The molecule has 0 spiro atoms. The summed E-state index contributed by atoms with van der Waals surface area (Å²) in [6, 6.07) is 4.64. The van der Waals surface area contributed by atoms with Gasteiger partial charge in [-0.05, 0) is 38.4 Å². The molecule has 0 aromatic carbocycles. The minimum absolute atomic E-state index is 0.251. The van der Waals surface area contributed by atoms with Gasteiger partial charge in [0.2, 0.25) is 5.91 Å². The van der Waals surface area contributed by atoms with Crippen LogP contribution >= 0.6 is 11.3 Å². The third-order valence-electron chi connectivity index (χ3n) is 5.61. The van der Waals surface area contributed by atoms with Gasteiger partial charge in [-0.3, -0.25) is 9.69 Å². The minimum Gasteiger partial charge on any atom is -0.354 e. The molecule has 1 aromatic rings. The first-order valence-corrected chi connectivity index (χ1v) is 9.71. The lowest BCUT2D eigenvalue weighted by Gasteiger charge is -2.39. The van der Waals surface area contributed by atoms with E-state index >= 15 is 0 Å². The van der Waals surface area contributed by atoms with Crippen molar-refractivity contribution in [1.29, 1.82) is 0 Å². The van der Waals surface area contributed by atoms with Crippen molar-refractivity contribution in [2.24, 2.45) is 0 Å². The van der Waals surface area contributed by atoms with Crippen LogP contribution in [0.5, 0.6) is 0 Å². The summed E-state index contributed by atoms with van der Waals surface area (Å²) in [5.41, 5.74) is -0.272. The van der Waals surface area contributed by atoms with Crippen molar-refractivity contribution in [3.05, 3.63) is 22.4 Å². The fourth-order valence-electron chi connectivity index (χ4n) is 3.99. The first kappa shape index (κ1) is 16.9. The summed E-state index contributed by atoms with van der Waals surface area (Å²) in [5.74, 6) is 0.251. The Bertz CT molecular complexity index is 510. The third-order valence-corrected chi connectivity index (χ3v) is 6.69. The van der Waals surface area contributed by atoms with E-state index < -0.39 is 0 Å². The highest BCUT2D eigenvalue weighted by Crippen LogP contribution is 2.41. The monoisotopic (exact) mass is 335 g/mol. The standard InChI is InChI=1S/C18H29N3OS/c1-20-10-11-21(2)15(14-20)13-19-17(22)18(8-4-3-5-9-18)16-7-6-12-23-16/h6-7,12,15H,3-5,8-11,13-14H2,1-2H3,(H,19,22)/t15-/m1/s1. The lowest BCUT2D eigenvalue weighted by molar-refractivity contribution is -0.128. The Balaban J connectivity index is 1.67. The number of likely N-dealkylation sites (N-methyl/N-ethyl adjacent to an activating group) is 2. The number of rotatable bonds is 4. The van der Waals surface area contributed by atoms with E-state index in [-0.39, 0.29) is 11.3 Å². The Morgan fingerprint density at radius 3 is 2.78 bits per heavy atom. The molecule has 23 heavy (non-hydrogen) atoms. The van der Waals surface area contributed by atoms with Gasteiger partial charge in [0.15, 0.2) is 0 Å². The maximum atomic E-state index is 13.1. The second kappa shape index (κ2) is 7.32. The Morgan fingerprint density at radius 1 is 1.30 bits per heavy atom. The van der Waals surface area contributed by atoms with Crippen LogP contribution in [-0.2, 0) is 10.2 Å². The van der Waals surface area contributed by atoms with Gasteiger partial charge >= 0.3 is 0 Å². The number of hydrogen-bond acceptors (Lipinski definition) is 4. The van der Waals surface area contributed by atoms with Crippen molar-refractivity contribution in [3.63, 3.8) is 0 Å². The molecule has 0 bridgehead atoms. The maximum Gasteiger partial charge on any atom is 0.231 e. The second-order valence-electron chi connectivity index (χ2n) is 7.23. The van der Waals surface area contributed by atoms with E-state index in [2.05, 4.69) is 46.7 Å². The topological polar surface area (TPSA) is 35.6 Å². The van der Waals surface area contributed by atoms with E-state index in [1.54, 1.807) is 11.3 Å². The Labute approximate surface area is 143 Å². The van der Waals surface area contributed by atoms with Crippen molar-refractivity contribution >= 4 is 17.2 Å². The van der Waals surface area contributed by atoms with Crippen LogP contribution in [0.25, 0.3) is 0 Å². The number of hydrogen-bond donors (Lipinski definition) is 1. The van der Waals surface area contributed by atoms with Gasteiger partial charge in [-0.15, -0.1) is 11.3 Å². The predicted molar refractivity (Wildman–Crippen MR) is 96.0 cm³/mol. The molecular formula is C18H29N3OS. The fraction of sp³-hybridized carbons (Fsp3) is 0.722. The van der Waals surface area contributed by atoms with Crippen LogP contribution in [0.2, 0.25) is 0 Å². The first-order valence-electron chi connectivity index (χ1n) is 8.83. The van der Waals surface area contributed by atoms with Crippen LogP contribution in [0.4, 0.5) is 0 Å². The number of carbonyl (C=O) groups is 1. The van der Waals surface area contributed by atoms with E-state index in [4.69, 9.17) is 0 Å². The maximum absolute atomic E-state index is 13.1. The van der Waals surface area contributed by atoms with Gasteiger partial charge in [-0.25, -0.2) is 0 Å². The highest BCUT2D eigenvalue weighted by atomic mass is 32.1. The predicted octanol–water partition coefficient (Wildman–Crippen LogP) is 2.31. The van der Waals surface area contributed by atoms with Crippen LogP contribution in [-0.4, -0.2) is 62.0 Å². The number of carbonyl (C=O) groups excluding carboxylic acids is 1. The summed E-state index contributed by atoms with van der Waals surface area (Å²) in [7, 11) is 4.33. The summed E-state index contributed by atoms with van der Waals surface area (Å²) >= 11 is 1.74. The van der Waals surface area contributed by atoms with Gasteiger partial charge in [-0.2, -0.15) is 0 Å². The molecule has 0 unspecified atom stereocenters. The van der Waals surface area contributed by atoms with Crippen LogP contribution < -0.4 is 5.32 Å². The van der Waals surface area contributed by atoms with Gasteiger partial charge in [0.25, 0.3) is 0 Å². The molecule has 2 fully saturated rings. The molecule has 2 aliphatic rings. The average molecular weight is 336 g/mol. The normalized spacial score (nSPS) is 26.1. The Kier molecular flexibility index (Phi) is 5.39. The smallest absolute Gasteiger partial charge is 0.231 e. The lowest BCUT2D eigenvalue weighted by Crippen LogP contribution is -2.56. The number of piperazine rings is 1. The van der Waals surface area contributed by atoms with Crippen molar-refractivity contribution in [1.82, 2.24) is 15.1 Å². The molecular weight excluding hydrogens is 306 g/mol. The number of nitrogens with zero attached hydrogens (tertiary/aromatic N) is 2. The second-order valence-corrected chi connectivity index (χ2v) is 8.17. The summed E-state index contributed by atoms with van der Waals surface area (Å²) in [6.07, 6.45) is 5.59. The quantitative estimate of drug-likeness (QED) is 0.917. The Hall–Kier alpha value is -0.910. The van der Waals surface area contributed by atoms with Crippen molar-refractivity contribution < 1.29 is 4.79 Å². The minimum atomic E-state index is -0.272. The molecule has 1 aromatic heterocycles. The summed E-state index contributed by atoms with van der Waals surface area (Å²) in [6.45, 7) is 3.97. The molecule has 3 rings (SSSR count). The molecule has 1 N–H and O–H groups in total. The third kappa shape index (κ3) is 3.62. The molecule has 1 aliphatic heterocycles. The summed E-state index contributed by atoms with van der Waals surface area (Å²) in [4.78, 5) is 19.1. The molecule has 1 saturated heterocycles. The van der Waals surface area contributed by atoms with Crippen molar-refractivity contribution in [2.75, 3.05) is 40.3 Å². The zero-order valence-electron chi connectivity index (χ0n) is 14.4. The SMILES string of the molecule is CN1CCN(C)[C@H](CNC(=O)C2(c3cccs3)CCCCC2)C1. The van der Waals surface area contributed by atoms with E-state index in [9.17, 15) is 4.79 Å². The zero-order chi connectivity index (χ0) is 16.3. The van der Waals surface area contributed by atoms with Gasteiger partial charge in [0.1, 0.15) is 0 Å². The van der Waals surface area contributed by atoms with Gasteiger partial charge in [0.05, 0.1) is 5.41 Å². The fourth-order valence-corrected chi connectivity index (χ4v) is 4.98. The van der Waals surface area contributed by atoms with Gasteiger partial charge in [0, 0.05) is 37.1 Å². The number of thiophene rings is 1. The summed E-state index contributed by atoms with van der Waals surface area (Å²) < 4.78 is 0. The van der Waals surface area contributed by atoms with E-state index in [1.165, 1.54) is 11.3 Å². The average Bonchev–Trinajstić information content (AvgIpc) is 3.11. The van der Waals surface area contributed by atoms with Gasteiger partial charge < -0.3 is 10.2 Å². The van der Waals surface area contributed by atoms with Crippen LogP contribution in [0.3, 0.4) is 0 Å². The zero-order valence-corrected chi connectivity index (χ0v) is 15.2. The highest BCUT2D eigenvalue weighted by Gasteiger charge is 2.42. The molecule has 1 amide bonds. The van der Waals surface area contributed by atoms with Crippen molar-refractivity contribution in [3.8, 4) is 0 Å². The Morgan fingerprint density at radius 2 is 2.09 bits per heavy atom.